The van der Waals surface area contributed by atoms with Crippen molar-refractivity contribution in [2.75, 3.05) is 18.4 Å². The minimum atomic E-state index is -3.46. The van der Waals surface area contributed by atoms with Gasteiger partial charge in [-0.15, -0.1) is 0 Å². The third-order valence-corrected chi connectivity index (χ3v) is 5.76. The van der Waals surface area contributed by atoms with E-state index in [1.807, 2.05) is 32.0 Å². The van der Waals surface area contributed by atoms with Crippen LogP contribution < -0.4 is 5.32 Å². The third kappa shape index (κ3) is 5.01. The summed E-state index contributed by atoms with van der Waals surface area (Å²) in [4.78, 5) is 12.1. The summed E-state index contributed by atoms with van der Waals surface area (Å²) in [6.07, 6.45) is 3.06. The van der Waals surface area contributed by atoms with Gasteiger partial charge in [0, 0.05) is 24.9 Å². The van der Waals surface area contributed by atoms with Crippen molar-refractivity contribution in [1.82, 2.24) is 4.31 Å². The van der Waals surface area contributed by atoms with Crippen molar-refractivity contribution in [2.45, 2.75) is 18.7 Å². The summed E-state index contributed by atoms with van der Waals surface area (Å²) < 4.78 is 26.2. The number of amides is 1. The van der Waals surface area contributed by atoms with Crippen LogP contribution >= 0.6 is 0 Å². The van der Waals surface area contributed by atoms with Gasteiger partial charge in [0.2, 0.25) is 15.9 Å². The molecular weight excluding hydrogens is 336 g/mol. The fourth-order valence-corrected chi connectivity index (χ4v) is 3.80. The molecule has 0 saturated carbocycles. The molecule has 0 aliphatic rings. The van der Waals surface area contributed by atoms with Gasteiger partial charge in [0.15, 0.2) is 0 Å². The van der Waals surface area contributed by atoms with Gasteiger partial charge in [-0.3, -0.25) is 4.79 Å². The Morgan fingerprint density at radius 1 is 1.00 bits per heavy atom. The first-order chi connectivity index (χ1) is 12.0. The SMILES string of the molecule is CCN(CC)S(=O)(=O)c1ccc(/C=C/C(=O)Nc2ccccc2)cc1. The molecule has 0 aliphatic heterocycles. The highest BCUT2D eigenvalue weighted by molar-refractivity contribution is 7.89. The predicted octanol–water partition coefficient (Wildman–Crippen LogP) is 3.37. The van der Waals surface area contributed by atoms with Gasteiger partial charge in [-0.1, -0.05) is 44.2 Å². The van der Waals surface area contributed by atoms with Crippen LogP contribution in [0.5, 0.6) is 0 Å². The number of hydrogen-bond donors (Lipinski definition) is 1. The van der Waals surface area contributed by atoms with Crippen LogP contribution in [0.3, 0.4) is 0 Å². The van der Waals surface area contributed by atoms with E-state index in [1.165, 1.54) is 10.4 Å². The lowest BCUT2D eigenvalue weighted by atomic mass is 10.2. The van der Waals surface area contributed by atoms with E-state index in [0.717, 1.165) is 11.3 Å². The lowest BCUT2D eigenvalue weighted by Crippen LogP contribution is -2.30. The van der Waals surface area contributed by atoms with Crippen molar-refractivity contribution in [3.05, 3.63) is 66.2 Å². The van der Waals surface area contributed by atoms with Gasteiger partial charge < -0.3 is 5.32 Å². The van der Waals surface area contributed by atoms with Crippen molar-refractivity contribution in [2.24, 2.45) is 0 Å². The first-order valence-electron chi connectivity index (χ1n) is 8.11. The first kappa shape index (κ1) is 18.9. The molecule has 6 heteroatoms. The molecule has 0 aromatic heterocycles. The Labute approximate surface area is 149 Å². The number of anilines is 1. The van der Waals surface area contributed by atoms with E-state index in [9.17, 15) is 13.2 Å². The lowest BCUT2D eigenvalue weighted by Gasteiger charge is -2.18. The van der Waals surface area contributed by atoms with Crippen LogP contribution in [0.4, 0.5) is 5.69 Å². The largest absolute Gasteiger partial charge is 0.323 e. The molecule has 0 bridgehead atoms. The topological polar surface area (TPSA) is 66.5 Å². The average Bonchev–Trinajstić information content (AvgIpc) is 2.62. The van der Waals surface area contributed by atoms with E-state index >= 15 is 0 Å². The minimum absolute atomic E-state index is 0.244. The molecule has 0 radical (unpaired) electrons. The number of nitrogens with one attached hydrogen (secondary N) is 1. The van der Waals surface area contributed by atoms with Crippen LogP contribution in [0.15, 0.2) is 65.6 Å². The maximum absolute atomic E-state index is 12.4. The molecule has 25 heavy (non-hydrogen) atoms. The molecule has 2 rings (SSSR count). The zero-order valence-corrected chi connectivity index (χ0v) is 15.2. The number of carbonyl (C=O) groups is 1. The van der Waals surface area contributed by atoms with Crippen molar-refractivity contribution < 1.29 is 13.2 Å². The van der Waals surface area contributed by atoms with E-state index in [-0.39, 0.29) is 10.8 Å². The zero-order chi connectivity index (χ0) is 18.3. The van der Waals surface area contributed by atoms with Gasteiger partial charge in [-0.2, -0.15) is 4.31 Å². The van der Waals surface area contributed by atoms with E-state index in [2.05, 4.69) is 5.32 Å². The van der Waals surface area contributed by atoms with Gasteiger partial charge in [0.05, 0.1) is 4.90 Å². The quantitative estimate of drug-likeness (QED) is 0.772. The van der Waals surface area contributed by atoms with Gasteiger partial charge in [0.1, 0.15) is 0 Å². The molecule has 1 N–H and O–H groups in total. The summed E-state index contributed by atoms with van der Waals surface area (Å²) >= 11 is 0. The molecule has 0 spiro atoms. The maximum Gasteiger partial charge on any atom is 0.248 e. The Kier molecular flexibility index (Phi) is 6.50. The molecule has 132 valence electrons. The fraction of sp³-hybridized carbons (Fsp3) is 0.211. The number of rotatable bonds is 7. The molecule has 5 nitrogen and oxygen atoms in total. The van der Waals surface area contributed by atoms with Gasteiger partial charge >= 0.3 is 0 Å². The summed E-state index contributed by atoms with van der Waals surface area (Å²) in [5, 5.41) is 2.75. The molecular formula is C19H22N2O3S. The Hall–Kier alpha value is -2.44. The molecule has 0 unspecified atom stereocenters. The van der Waals surface area contributed by atoms with Crippen LogP contribution in [-0.4, -0.2) is 31.7 Å². The number of nitrogens with zero attached hydrogens (tertiary/aromatic N) is 1. The summed E-state index contributed by atoms with van der Waals surface area (Å²) in [7, 11) is -3.46. The van der Waals surface area contributed by atoms with Crippen molar-refractivity contribution in [1.29, 1.82) is 0 Å². The second-order valence-electron chi connectivity index (χ2n) is 5.35. The Bertz CT molecular complexity index is 825. The maximum atomic E-state index is 12.4. The van der Waals surface area contributed by atoms with Crippen molar-refractivity contribution in [3.63, 3.8) is 0 Å². The molecule has 1 amide bonds. The average molecular weight is 358 g/mol. The summed E-state index contributed by atoms with van der Waals surface area (Å²) in [6, 6.07) is 15.6. The van der Waals surface area contributed by atoms with E-state index in [1.54, 1.807) is 42.5 Å². The van der Waals surface area contributed by atoms with Gasteiger partial charge in [0.25, 0.3) is 0 Å². The number of sulfonamides is 1. The minimum Gasteiger partial charge on any atom is -0.323 e. The number of benzene rings is 2. The zero-order valence-electron chi connectivity index (χ0n) is 14.3. The number of hydrogen-bond acceptors (Lipinski definition) is 3. The van der Waals surface area contributed by atoms with Crippen molar-refractivity contribution >= 4 is 27.7 Å². The Balaban J connectivity index is 2.06. The van der Waals surface area contributed by atoms with Crippen molar-refractivity contribution in [3.8, 4) is 0 Å². The molecule has 0 heterocycles. The fourth-order valence-electron chi connectivity index (χ4n) is 2.34. The molecule has 0 atom stereocenters. The third-order valence-electron chi connectivity index (χ3n) is 3.69. The Morgan fingerprint density at radius 3 is 2.16 bits per heavy atom. The molecule has 0 saturated heterocycles. The monoisotopic (exact) mass is 358 g/mol. The predicted molar refractivity (Wildman–Crippen MR) is 101 cm³/mol. The van der Waals surface area contributed by atoms with Crippen LogP contribution in [0.1, 0.15) is 19.4 Å². The van der Waals surface area contributed by atoms with E-state index in [4.69, 9.17) is 0 Å². The summed E-state index contributed by atoms with van der Waals surface area (Å²) in [6.45, 7) is 4.48. The Morgan fingerprint density at radius 2 is 1.60 bits per heavy atom. The summed E-state index contributed by atoms with van der Waals surface area (Å²) in [5.74, 6) is -0.244. The molecule has 2 aromatic rings. The highest BCUT2D eigenvalue weighted by atomic mass is 32.2. The normalized spacial score (nSPS) is 11.8. The van der Waals surface area contributed by atoms with Gasteiger partial charge in [-0.05, 0) is 35.9 Å². The summed E-state index contributed by atoms with van der Waals surface area (Å²) in [5.41, 5.74) is 1.47. The number of para-hydroxylation sites is 1. The van der Waals surface area contributed by atoms with Crippen LogP contribution in [0, 0.1) is 0 Å². The highest BCUT2D eigenvalue weighted by Crippen LogP contribution is 2.16. The van der Waals surface area contributed by atoms with E-state index in [0.29, 0.717) is 13.1 Å². The molecule has 0 fully saturated rings. The first-order valence-corrected chi connectivity index (χ1v) is 9.55. The second kappa shape index (κ2) is 8.60. The number of carbonyl (C=O) groups excluding carboxylic acids is 1. The highest BCUT2D eigenvalue weighted by Gasteiger charge is 2.20. The van der Waals surface area contributed by atoms with Crippen LogP contribution in [0.2, 0.25) is 0 Å². The second-order valence-corrected chi connectivity index (χ2v) is 7.28. The molecule has 0 aliphatic carbocycles. The van der Waals surface area contributed by atoms with Crippen LogP contribution in [-0.2, 0) is 14.8 Å². The molecule has 2 aromatic carbocycles. The van der Waals surface area contributed by atoms with Crippen LogP contribution in [0.25, 0.3) is 6.08 Å². The lowest BCUT2D eigenvalue weighted by molar-refractivity contribution is -0.111. The standard InChI is InChI=1S/C19H22N2O3S/c1-3-21(4-2)25(23,24)18-13-10-16(11-14-18)12-15-19(22)20-17-8-6-5-7-9-17/h5-15H,3-4H2,1-2H3,(H,20,22)/b15-12+. The van der Waals surface area contributed by atoms with E-state index < -0.39 is 10.0 Å². The smallest absolute Gasteiger partial charge is 0.248 e. The van der Waals surface area contributed by atoms with Gasteiger partial charge in [-0.25, -0.2) is 8.42 Å².